The third-order valence-corrected chi connectivity index (χ3v) is 4.35. The van der Waals surface area contributed by atoms with Gasteiger partial charge < -0.3 is 5.73 Å². The Morgan fingerprint density at radius 1 is 1.17 bits per heavy atom. The smallest absolute Gasteiger partial charge is 0.0468 e. The first-order valence-corrected chi connectivity index (χ1v) is 6.92. The number of nitrogens with zero attached hydrogens (tertiary/aromatic N) is 1. The van der Waals surface area contributed by atoms with E-state index >= 15 is 0 Å². The Morgan fingerprint density at radius 2 is 1.89 bits per heavy atom. The molecule has 1 unspecified atom stereocenters. The van der Waals surface area contributed by atoms with E-state index in [4.69, 9.17) is 5.73 Å². The minimum atomic E-state index is 0.286. The number of aryl methyl sites for hydroxylation is 2. The summed E-state index contributed by atoms with van der Waals surface area (Å²) in [7, 11) is 0. The van der Waals surface area contributed by atoms with Crippen LogP contribution in [0.15, 0.2) is 47.6 Å². The SMILES string of the molecule is Cc1ccc(SC(CN)c2ccncc2)c(C)c1. The predicted octanol–water partition coefficient (Wildman–Crippen LogP) is 3.49. The van der Waals surface area contributed by atoms with E-state index in [0.717, 1.165) is 0 Å². The molecule has 0 spiro atoms. The molecule has 2 nitrogen and oxygen atoms in total. The highest BCUT2D eigenvalue weighted by atomic mass is 32.2. The number of aromatic nitrogens is 1. The molecule has 0 aliphatic rings. The van der Waals surface area contributed by atoms with Crippen LogP contribution in [-0.2, 0) is 0 Å². The lowest BCUT2D eigenvalue weighted by atomic mass is 10.2. The van der Waals surface area contributed by atoms with Gasteiger partial charge in [0.05, 0.1) is 0 Å². The molecule has 0 aliphatic heterocycles. The van der Waals surface area contributed by atoms with Crippen LogP contribution in [-0.4, -0.2) is 11.5 Å². The molecule has 2 rings (SSSR count). The van der Waals surface area contributed by atoms with E-state index in [1.54, 1.807) is 0 Å². The average Bonchev–Trinajstić information content (AvgIpc) is 2.39. The molecule has 1 heterocycles. The molecule has 0 saturated carbocycles. The molecular formula is C15H18N2S. The Balaban J connectivity index is 2.21. The van der Waals surface area contributed by atoms with Crippen molar-refractivity contribution in [3.63, 3.8) is 0 Å². The zero-order valence-corrected chi connectivity index (χ0v) is 11.6. The van der Waals surface area contributed by atoms with Gasteiger partial charge in [0.15, 0.2) is 0 Å². The fourth-order valence-corrected chi connectivity index (χ4v) is 3.00. The Bertz CT molecular complexity index is 511. The van der Waals surface area contributed by atoms with Crippen molar-refractivity contribution in [1.29, 1.82) is 0 Å². The van der Waals surface area contributed by atoms with E-state index in [-0.39, 0.29) is 5.25 Å². The first-order chi connectivity index (χ1) is 8.70. The molecular weight excluding hydrogens is 240 g/mol. The molecule has 3 heteroatoms. The van der Waals surface area contributed by atoms with Gasteiger partial charge in [-0.1, -0.05) is 17.7 Å². The number of rotatable bonds is 4. The molecule has 94 valence electrons. The lowest BCUT2D eigenvalue weighted by Crippen LogP contribution is -2.09. The number of nitrogens with two attached hydrogens (primary N) is 1. The monoisotopic (exact) mass is 258 g/mol. The van der Waals surface area contributed by atoms with Crippen molar-refractivity contribution < 1.29 is 0 Å². The van der Waals surface area contributed by atoms with Crippen molar-refractivity contribution in [3.8, 4) is 0 Å². The Morgan fingerprint density at radius 3 is 2.50 bits per heavy atom. The van der Waals surface area contributed by atoms with Crippen LogP contribution in [0.4, 0.5) is 0 Å². The van der Waals surface area contributed by atoms with Gasteiger partial charge in [-0.25, -0.2) is 0 Å². The van der Waals surface area contributed by atoms with Gasteiger partial charge in [0, 0.05) is 29.1 Å². The van der Waals surface area contributed by atoms with Gasteiger partial charge in [0.2, 0.25) is 0 Å². The maximum atomic E-state index is 5.89. The van der Waals surface area contributed by atoms with Crippen LogP contribution in [0.3, 0.4) is 0 Å². The molecule has 0 amide bonds. The summed E-state index contributed by atoms with van der Waals surface area (Å²) >= 11 is 1.82. The number of pyridine rings is 1. The van der Waals surface area contributed by atoms with E-state index in [1.165, 1.54) is 21.6 Å². The minimum Gasteiger partial charge on any atom is -0.329 e. The summed E-state index contributed by atoms with van der Waals surface area (Å²) in [4.78, 5) is 5.35. The first kappa shape index (κ1) is 13.1. The zero-order valence-electron chi connectivity index (χ0n) is 10.8. The van der Waals surface area contributed by atoms with E-state index < -0.39 is 0 Å². The molecule has 0 fully saturated rings. The lowest BCUT2D eigenvalue weighted by Gasteiger charge is -2.16. The van der Waals surface area contributed by atoms with Crippen LogP contribution < -0.4 is 5.73 Å². The second-order valence-electron chi connectivity index (χ2n) is 4.39. The van der Waals surface area contributed by atoms with Gasteiger partial charge in [-0.05, 0) is 43.2 Å². The van der Waals surface area contributed by atoms with E-state index in [9.17, 15) is 0 Å². The molecule has 0 aliphatic carbocycles. The molecule has 2 N–H and O–H groups in total. The van der Waals surface area contributed by atoms with Gasteiger partial charge in [-0.2, -0.15) is 0 Å². The third-order valence-electron chi connectivity index (χ3n) is 2.89. The minimum absolute atomic E-state index is 0.286. The highest BCUT2D eigenvalue weighted by Gasteiger charge is 2.12. The van der Waals surface area contributed by atoms with Crippen LogP contribution >= 0.6 is 11.8 Å². The molecule has 0 radical (unpaired) electrons. The Kier molecular flexibility index (Phi) is 4.39. The number of benzene rings is 1. The summed E-state index contributed by atoms with van der Waals surface area (Å²) in [6.45, 7) is 4.89. The molecule has 1 aromatic carbocycles. The van der Waals surface area contributed by atoms with Gasteiger partial charge in [0.25, 0.3) is 0 Å². The van der Waals surface area contributed by atoms with Crippen molar-refractivity contribution in [1.82, 2.24) is 4.98 Å². The fraction of sp³-hybridized carbons (Fsp3) is 0.267. The van der Waals surface area contributed by atoms with Crippen molar-refractivity contribution in [2.24, 2.45) is 5.73 Å². The Labute approximate surface area is 113 Å². The average molecular weight is 258 g/mol. The summed E-state index contributed by atoms with van der Waals surface area (Å²) in [6, 6.07) is 10.6. The summed E-state index contributed by atoms with van der Waals surface area (Å²) in [6.07, 6.45) is 3.64. The van der Waals surface area contributed by atoms with Gasteiger partial charge in [0.1, 0.15) is 0 Å². The summed E-state index contributed by atoms with van der Waals surface area (Å²) in [5.74, 6) is 0. The van der Waals surface area contributed by atoms with Crippen LogP contribution in [0.5, 0.6) is 0 Å². The maximum Gasteiger partial charge on any atom is 0.0468 e. The molecule has 18 heavy (non-hydrogen) atoms. The molecule has 0 saturated heterocycles. The van der Waals surface area contributed by atoms with Crippen LogP contribution in [0.25, 0.3) is 0 Å². The highest BCUT2D eigenvalue weighted by molar-refractivity contribution is 7.99. The fourth-order valence-electron chi connectivity index (χ4n) is 1.92. The predicted molar refractivity (Wildman–Crippen MR) is 77.8 cm³/mol. The van der Waals surface area contributed by atoms with E-state index in [0.29, 0.717) is 6.54 Å². The number of hydrogen-bond donors (Lipinski definition) is 1. The Hall–Kier alpha value is -1.32. The number of hydrogen-bond acceptors (Lipinski definition) is 3. The molecule has 1 atom stereocenters. The first-order valence-electron chi connectivity index (χ1n) is 6.04. The topological polar surface area (TPSA) is 38.9 Å². The summed E-state index contributed by atoms with van der Waals surface area (Å²) in [5.41, 5.74) is 9.73. The van der Waals surface area contributed by atoms with Crippen molar-refractivity contribution >= 4 is 11.8 Å². The quantitative estimate of drug-likeness (QED) is 0.853. The molecule has 2 aromatic rings. The highest BCUT2D eigenvalue weighted by Crippen LogP contribution is 2.36. The normalized spacial score (nSPS) is 12.4. The maximum absolute atomic E-state index is 5.89. The van der Waals surface area contributed by atoms with Crippen LogP contribution in [0, 0.1) is 13.8 Å². The van der Waals surface area contributed by atoms with Crippen LogP contribution in [0.2, 0.25) is 0 Å². The van der Waals surface area contributed by atoms with Crippen LogP contribution in [0.1, 0.15) is 21.9 Å². The largest absolute Gasteiger partial charge is 0.329 e. The second kappa shape index (κ2) is 6.03. The van der Waals surface area contributed by atoms with E-state index in [1.807, 2.05) is 36.3 Å². The molecule has 1 aromatic heterocycles. The molecule has 0 bridgehead atoms. The van der Waals surface area contributed by atoms with Crippen molar-refractivity contribution in [2.45, 2.75) is 24.0 Å². The second-order valence-corrected chi connectivity index (χ2v) is 5.64. The third kappa shape index (κ3) is 3.12. The summed E-state index contributed by atoms with van der Waals surface area (Å²) < 4.78 is 0. The van der Waals surface area contributed by atoms with Gasteiger partial charge in [-0.15, -0.1) is 11.8 Å². The zero-order chi connectivity index (χ0) is 13.0. The van der Waals surface area contributed by atoms with Gasteiger partial charge >= 0.3 is 0 Å². The van der Waals surface area contributed by atoms with Crippen molar-refractivity contribution in [3.05, 3.63) is 59.4 Å². The number of thioether (sulfide) groups is 1. The van der Waals surface area contributed by atoms with Gasteiger partial charge in [-0.3, -0.25) is 4.98 Å². The van der Waals surface area contributed by atoms with Crippen molar-refractivity contribution in [2.75, 3.05) is 6.54 Å². The van der Waals surface area contributed by atoms with E-state index in [2.05, 4.69) is 37.0 Å². The summed E-state index contributed by atoms with van der Waals surface area (Å²) in [5, 5.41) is 0.286. The standard InChI is InChI=1S/C15H18N2S/c1-11-3-4-14(12(2)9-11)18-15(10-16)13-5-7-17-8-6-13/h3-9,15H,10,16H2,1-2H3. The lowest BCUT2D eigenvalue weighted by molar-refractivity contribution is 0.935.